The van der Waals surface area contributed by atoms with Crippen molar-refractivity contribution in [3.05, 3.63) is 0 Å². The summed E-state index contributed by atoms with van der Waals surface area (Å²) in [6, 6.07) is 0. The fraction of sp³-hybridized carbons (Fsp3) is 0.900. The smallest absolute Gasteiger partial charge is 0.201 e. The van der Waals surface area contributed by atoms with Crippen LogP contribution >= 0.6 is 46.4 Å². The predicted octanol–water partition coefficient (Wildman–Crippen LogP) is 3.51. The van der Waals surface area contributed by atoms with Gasteiger partial charge < -0.3 is 0 Å². The molecule has 0 unspecified atom stereocenters. The molecule has 8 heteroatoms. The van der Waals surface area contributed by atoms with E-state index < -0.39 is 28.9 Å². The van der Waals surface area contributed by atoms with Gasteiger partial charge in [-0.05, 0) is 18.3 Å². The second kappa shape index (κ2) is 3.16. The summed E-state index contributed by atoms with van der Waals surface area (Å²) < 4.78 is 24.6. The minimum Gasteiger partial charge on any atom is -0.201 e. The molecule has 2 fully saturated rings. The molecule has 1 aliphatic heterocycles. The standard InChI is InChI=1S/C10H11Cl4NO2S/c1-7(2)5-3-4-8(7)6(9(5,11)12)15-18(16,17)10(8,13)14/h5H,3-4H2,1-2H3/t5-,8+/m0/s1. The van der Waals surface area contributed by atoms with E-state index in [9.17, 15) is 8.42 Å². The summed E-state index contributed by atoms with van der Waals surface area (Å²) in [5, 5.41) is 0. The van der Waals surface area contributed by atoms with E-state index in [1.165, 1.54) is 0 Å². The molecule has 2 saturated carbocycles. The van der Waals surface area contributed by atoms with Crippen LogP contribution in [0.5, 0.6) is 0 Å². The number of rotatable bonds is 0. The van der Waals surface area contributed by atoms with Gasteiger partial charge in [0, 0.05) is 5.92 Å². The molecule has 0 aromatic carbocycles. The average molecular weight is 351 g/mol. The first-order valence-electron chi connectivity index (χ1n) is 5.54. The van der Waals surface area contributed by atoms with Crippen molar-refractivity contribution in [3.8, 4) is 0 Å². The maximum atomic E-state index is 12.1. The molecule has 102 valence electrons. The topological polar surface area (TPSA) is 46.5 Å². The highest BCUT2D eigenvalue weighted by Gasteiger charge is 2.84. The van der Waals surface area contributed by atoms with E-state index in [2.05, 4.69) is 4.40 Å². The van der Waals surface area contributed by atoms with Crippen LogP contribution in [0, 0.1) is 16.7 Å². The van der Waals surface area contributed by atoms with Crippen molar-refractivity contribution in [1.29, 1.82) is 0 Å². The summed E-state index contributed by atoms with van der Waals surface area (Å²) in [5.41, 5.74) is -1.28. The first-order valence-corrected chi connectivity index (χ1v) is 8.49. The summed E-state index contributed by atoms with van der Waals surface area (Å²) in [5.74, 6) is -0.0977. The van der Waals surface area contributed by atoms with Crippen LogP contribution in [0.15, 0.2) is 4.40 Å². The Bertz CT molecular complexity index is 581. The number of hydrogen-bond donors (Lipinski definition) is 0. The molecule has 3 aliphatic rings. The molecule has 0 aromatic rings. The quantitative estimate of drug-likeness (QED) is 0.627. The Kier molecular flexibility index (Phi) is 2.42. The second-order valence-corrected chi connectivity index (χ2v) is 10.7. The molecule has 18 heavy (non-hydrogen) atoms. The summed E-state index contributed by atoms with van der Waals surface area (Å²) in [6.07, 6.45) is 1.23. The summed E-state index contributed by atoms with van der Waals surface area (Å²) in [4.78, 5) is 0. The number of sulfonamides is 1. The van der Waals surface area contributed by atoms with Gasteiger partial charge in [0.2, 0.25) is 3.67 Å². The number of nitrogens with zero attached hydrogens (tertiary/aromatic N) is 1. The van der Waals surface area contributed by atoms with Gasteiger partial charge in [-0.15, -0.1) is 0 Å². The van der Waals surface area contributed by atoms with Crippen molar-refractivity contribution < 1.29 is 8.42 Å². The highest BCUT2D eigenvalue weighted by molar-refractivity contribution is 7.95. The van der Waals surface area contributed by atoms with E-state index in [1.54, 1.807) is 0 Å². The Morgan fingerprint density at radius 1 is 1.22 bits per heavy atom. The van der Waals surface area contributed by atoms with Crippen molar-refractivity contribution in [2.75, 3.05) is 0 Å². The first kappa shape index (κ1) is 13.7. The van der Waals surface area contributed by atoms with Gasteiger partial charge in [-0.1, -0.05) is 60.3 Å². The van der Waals surface area contributed by atoms with Crippen molar-refractivity contribution in [1.82, 2.24) is 0 Å². The third-order valence-electron chi connectivity index (χ3n) is 4.97. The van der Waals surface area contributed by atoms with Gasteiger partial charge in [0.15, 0.2) is 4.33 Å². The van der Waals surface area contributed by atoms with Crippen molar-refractivity contribution in [3.63, 3.8) is 0 Å². The lowest BCUT2D eigenvalue weighted by Crippen LogP contribution is -2.49. The van der Waals surface area contributed by atoms with Gasteiger partial charge in [-0.2, -0.15) is 4.40 Å². The number of fused-ring (bicyclic) bond motifs is 1. The molecule has 2 atom stereocenters. The predicted molar refractivity (Wildman–Crippen MR) is 74.2 cm³/mol. The monoisotopic (exact) mass is 349 g/mol. The zero-order chi connectivity index (χ0) is 13.8. The molecule has 1 spiro atoms. The van der Waals surface area contributed by atoms with E-state index >= 15 is 0 Å². The van der Waals surface area contributed by atoms with Crippen LogP contribution in [0.1, 0.15) is 26.7 Å². The molecule has 3 nitrogen and oxygen atoms in total. The fourth-order valence-corrected chi connectivity index (χ4v) is 7.93. The number of alkyl halides is 4. The van der Waals surface area contributed by atoms with E-state index in [0.717, 1.165) is 0 Å². The average Bonchev–Trinajstić information content (AvgIpc) is 2.58. The first-order chi connectivity index (χ1) is 7.93. The minimum absolute atomic E-state index is 0.0977. The maximum absolute atomic E-state index is 12.1. The van der Waals surface area contributed by atoms with Gasteiger partial charge in [0.1, 0.15) is 0 Å². The fourth-order valence-electron chi connectivity index (χ4n) is 4.04. The van der Waals surface area contributed by atoms with Crippen LogP contribution in [0.2, 0.25) is 0 Å². The van der Waals surface area contributed by atoms with Crippen LogP contribution in [0.4, 0.5) is 0 Å². The van der Waals surface area contributed by atoms with Crippen LogP contribution in [-0.4, -0.2) is 22.1 Å². The molecular weight excluding hydrogens is 340 g/mol. The van der Waals surface area contributed by atoms with E-state index in [1.807, 2.05) is 13.8 Å². The molecular formula is C10H11Cl4NO2S. The molecule has 0 N–H and O–H groups in total. The molecule has 1 heterocycles. The molecule has 0 amide bonds. The normalized spacial score (nSPS) is 44.8. The lowest BCUT2D eigenvalue weighted by molar-refractivity contribution is 0.178. The van der Waals surface area contributed by atoms with Gasteiger partial charge >= 0.3 is 0 Å². The maximum Gasteiger partial charge on any atom is 0.288 e. The molecule has 2 bridgehead atoms. The van der Waals surface area contributed by atoms with Crippen LogP contribution in [-0.2, 0) is 10.0 Å². The second-order valence-electron chi connectivity index (χ2n) is 5.77. The highest BCUT2D eigenvalue weighted by atomic mass is 35.5. The molecule has 2 aliphatic carbocycles. The highest BCUT2D eigenvalue weighted by Crippen LogP contribution is 2.78. The number of halogens is 4. The van der Waals surface area contributed by atoms with Gasteiger partial charge in [0.05, 0.1) is 11.1 Å². The molecule has 0 radical (unpaired) electrons. The van der Waals surface area contributed by atoms with Crippen molar-refractivity contribution in [2.45, 2.75) is 34.7 Å². The van der Waals surface area contributed by atoms with Crippen molar-refractivity contribution in [2.24, 2.45) is 21.1 Å². The van der Waals surface area contributed by atoms with E-state index in [0.29, 0.717) is 12.8 Å². The lowest BCUT2D eigenvalue weighted by Gasteiger charge is -2.40. The zero-order valence-corrected chi connectivity index (χ0v) is 13.5. The molecule has 0 saturated heterocycles. The minimum atomic E-state index is -4.02. The zero-order valence-electron chi connectivity index (χ0n) is 9.68. The third-order valence-corrected chi connectivity index (χ3v) is 9.09. The molecule has 0 aromatic heterocycles. The Hall–Kier alpha value is 0.780. The molecule has 3 rings (SSSR count). The summed E-state index contributed by atoms with van der Waals surface area (Å²) in [6.45, 7) is 3.82. The Balaban J connectivity index is 2.41. The largest absolute Gasteiger partial charge is 0.288 e. The Morgan fingerprint density at radius 3 is 2.28 bits per heavy atom. The van der Waals surface area contributed by atoms with Crippen LogP contribution in [0.25, 0.3) is 0 Å². The Labute approximate surface area is 126 Å². The Morgan fingerprint density at radius 2 is 1.78 bits per heavy atom. The van der Waals surface area contributed by atoms with Gasteiger partial charge in [0.25, 0.3) is 10.0 Å². The van der Waals surface area contributed by atoms with Gasteiger partial charge in [-0.3, -0.25) is 0 Å². The lowest BCUT2D eigenvalue weighted by atomic mass is 9.69. The summed E-state index contributed by atoms with van der Waals surface area (Å²) >= 11 is 25.1. The van der Waals surface area contributed by atoms with Crippen LogP contribution < -0.4 is 0 Å². The van der Waals surface area contributed by atoms with Gasteiger partial charge in [-0.25, -0.2) is 8.42 Å². The van der Waals surface area contributed by atoms with E-state index in [4.69, 9.17) is 46.4 Å². The number of hydrogen-bond acceptors (Lipinski definition) is 2. The van der Waals surface area contributed by atoms with E-state index in [-0.39, 0.29) is 11.6 Å². The van der Waals surface area contributed by atoms with Crippen LogP contribution in [0.3, 0.4) is 0 Å². The summed E-state index contributed by atoms with van der Waals surface area (Å²) in [7, 11) is -4.02. The van der Waals surface area contributed by atoms with Crippen molar-refractivity contribution >= 4 is 62.1 Å². The SMILES string of the molecule is CC1(C)[C@@H]2CC[C@@]13C(=NS(=O)(=O)C3(Cl)Cl)C2(Cl)Cl. The third kappa shape index (κ3) is 1.06.